The minimum Gasteiger partial charge on any atom is -0.352 e. The molecule has 0 aliphatic carbocycles. The topological polar surface area (TPSA) is 135 Å². The van der Waals surface area contributed by atoms with Crippen LogP contribution in [0, 0.1) is 0 Å². The number of hydrogen-bond donors (Lipinski definition) is 1. The van der Waals surface area contributed by atoms with Crippen molar-refractivity contribution in [2.75, 3.05) is 0 Å². The average Bonchev–Trinajstić information content (AvgIpc) is 3.43. The van der Waals surface area contributed by atoms with Crippen molar-refractivity contribution in [2.45, 2.75) is 19.5 Å². The van der Waals surface area contributed by atoms with Crippen LogP contribution in [0.5, 0.6) is 0 Å². The third-order valence-electron chi connectivity index (χ3n) is 4.78. The Morgan fingerprint density at radius 1 is 1.13 bits per heavy atom. The summed E-state index contributed by atoms with van der Waals surface area (Å²) in [7, 11) is 2.96. The molecule has 4 aromatic heterocycles. The zero-order chi connectivity index (χ0) is 21.3. The van der Waals surface area contributed by atoms with Gasteiger partial charge in [-0.3, -0.25) is 18.7 Å². The Bertz CT molecular complexity index is 1330. The fourth-order valence-corrected chi connectivity index (χ4v) is 3.16. The molecule has 1 N–H and O–H groups in total. The zero-order valence-corrected chi connectivity index (χ0v) is 16.4. The second-order valence-corrected chi connectivity index (χ2v) is 6.67. The van der Waals surface area contributed by atoms with E-state index >= 15 is 0 Å². The van der Waals surface area contributed by atoms with Gasteiger partial charge in [0.1, 0.15) is 12.7 Å². The monoisotopic (exact) mass is 409 g/mol. The molecule has 0 aliphatic rings. The lowest BCUT2D eigenvalue weighted by molar-refractivity contribution is -0.121. The van der Waals surface area contributed by atoms with Crippen molar-refractivity contribution >= 4 is 17.1 Å². The van der Waals surface area contributed by atoms with E-state index in [9.17, 15) is 14.4 Å². The van der Waals surface area contributed by atoms with Gasteiger partial charge in [-0.2, -0.15) is 5.10 Å². The first kappa shape index (κ1) is 19.2. The smallest absolute Gasteiger partial charge is 0.332 e. The highest BCUT2D eigenvalue weighted by atomic mass is 16.2. The lowest BCUT2D eigenvalue weighted by Crippen LogP contribution is -2.37. The van der Waals surface area contributed by atoms with Gasteiger partial charge < -0.3 is 9.88 Å². The van der Waals surface area contributed by atoms with Gasteiger partial charge in [0.2, 0.25) is 5.91 Å². The standard InChI is InChI=1S/C18H19N9O3/c1-24-16-14(17(29)25(2)18(24)30)26(11-22-16)7-5-13(28)21-8-12-4-3-6-20-15(12)27-10-19-9-23-27/h3-4,6,9-11H,5,7-8H2,1-2H3,(H,21,28). The quantitative estimate of drug-likeness (QED) is 0.437. The summed E-state index contributed by atoms with van der Waals surface area (Å²) in [5, 5.41) is 6.91. The molecule has 0 saturated carbocycles. The van der Waals surface area contributed by atoms with E-state index in [1.54, 1.807) is 23.9 Å². The Kier molecular flexibility index (Phi) is 4.96. The molecule has 0 radical (unpaired) electrons. The SMILES string of the molecule is Cn1c(=O)c2c(ncn2CCC(=O)NCc2cccnc2-n2cncn2)n(C)c1=O. The highest BCUT2D eigenvalue weighted by Crippen LogP contribution is 2.10. The molecule has 0 atom stereocenters. The van der Waals surface area contributed by atoms with Crippen molar-refractivity contribution < 1.29 is 4.79 Å². The lowest BCUT2D eigenvalue weighted by Gasteiger charge is -2.10. The van der Waals surface area contributed by atoms with Gasteiger partial charge in [-0.05, 0) is 6.07 Å². The summed E-state index contributed by atoms with van der Waals surface area (Å²) in [5.41, 5.74) is 0.465. The number of amides is 1. The van der Waals surface area contributed by atoms with Gasteiger partial charge in [0, 0.05) is 45.4 Å². The second kappa shape index (κ2) is 7.73. The van der Waals surface area contributed by atoms with Crippen LogP contribution in [-0.2, 0) is 32.0 Å². The number of fused-ring (bicyclic) bond motifs is 1. The van der Waals surface area contributed by atoms with E-state index in [0.29, 0.717) is 5.82 Å². The van der Waals surface area contributed by atoms with Crippen LogP contribution < -0.4 is 16.6 Å². The number of nitrogens with zero attached hydrogens (tertiary/aromatic N) is 8. The Balaban J connectivity index is 1.46. The fourth-order valence-electron chi connectivity index (χ4n) is 3.16. The normalized spacial score (nSPS) is 11.1. The number of pyridine rings is 1. The molecule has 0 saturated heterocycles. The molecule has 0 aromatic carbocycles. The maximum absolute atomic E-state index is 12.5. The second-order valence-electron chi connectivity index (χ2n) is 6.67. The Labute approximate surface area is 169 Å². The number of carbonyl (C=O) groups excluding carboxylic acids is 1. The van der Waals surface area contributed by atoms with E-state index in [0.717, 1.165) is 10.1 Å². The lowest BCUT2D eigenvalue weighted by atomic mass is 10.2. The van der Waals surface area contributed by atoms with Crippen molar-refractivity contribution in [3.63, 3.8) is 0 Å². The van der Waals surface area contributed by atoms with Crippen LogP contribution in [0.3, 0.4) is 0 Å². The molecule has 4 heterocycles. The Morgan fingerprint density at radius 2 is 1.97 bits per heavy atom. The minimum atomic E-state index is -0.449. The zero-order valence-electron chi connectivity index (χ0n) is 16.4. The average molecular weight is 409 g/mol. The maximum Gasteiger partial charge on any atom is 0.332 e. The first-order valence-corrected chi connectivity index (χ1v) is 9.14. The number of carbonyl (C=O) groups is 1. The van der Waals surface area contributed by atoms with E-state index in [1.807, 2.05) is 6.07 Å². The van der Waals surface area contributed by atoms with Gasteiger partial charge in [-0.1, -0.05) is 6.07 Å². The van der Waals surface area contributed by atoms with Gasteiger partial charge in [0.15, 0.2) is 17.0 Å². The fraction of sp³-hybridized carbons (Fsp3) is 0.278. The van der Waals surface area contributed by atoms with Gasteiger partial charge in [0.05, 0.1) is 6.33 Å². The molecule has 1 amide bonds. The largest absolute Gasteiger partial charge is 0.352 e. The molecule has 0 fully saturated rings. The van der Waals surface area contributed by atoms with Crippen molar-refractivity contribution in [3.8, 4) is 5.82 Å². The van der Waals surface area contributed by atoms with E-state index in [4.69, 9.17) is 0 Å². The number of aromatic nitrogens is 8. The molecule has 12 heteroatoms. The minimum absolute atomic E-state index is 0.135. The van der Waals surface area contributed by atoms with Gasteiger partial charge in [-0.25, -0.2) is 24.4 Å². The first-order chi connectivity index (χ1) is 14.5. The molecule has 0 aliphatic heterocycles. The van der Waals surface area contributed by atoms with Crippen molar-refractivity contribution in [3.05, 3.63) is 63.7 Å². The summed E-state index contributed by atoms with van der Waals surface area (Å²) in [5.74, 6) is 0.382. The number of hydrogen-bond acceptors (Lipinski definition) is 7. The summed E-state index contributed by atoms with van der Waals surface area (Å²) >= 11 is 0. The maximum atomic E-state index is 12.5. The highest BCUT2D eigenvalue weighted by Gasteiger charge is 2.15. The van der Waals surface area contributed by atoms with E-state index in [-0.39, 0.29) is 36.6 Å². The summed E-state index contributed by atoms with van der Waals surface area (Å²) in [4.78, 5) is 49.2. The molecule has 4 aromatic rings. The van der Waals surface area contributed by atoms with E-state index < -0.39 is 11.2 Å². The summed E-state index contributed by atoms with van der Waals surface area (Å²) in [6.45, 7) is 0.515. The molecule has 0 bridgehead atoms. The van der Waals surface area contributed by atoms with E-state index in [2.05, 4.69) is 25.4 Å². The van der Waals surface area contributed by atoms with Crippen molar-refractivity contribution in [1.29, 1.82) is 0 Å². The Morgan fingerprint density at radius 3 is 2.73 bits per heavy atom. The predicted molar refractivity (Wildman–Crippen MR) is 106 cm³/mol. The van der Waals surface area contributed by atoms with Crippen LogP contribution in [0.25, 0.3) is 17.0 Å². The molecule has 30 heavy (non-hydrogen) atoms. The highest BCUT2D eigenvalue weighted by molar-refractivity contribution is 5.76. The van der Waals surface area contributed by atoms with Crippen LogP contribution in [0.4, 0.5) is 0 Å². The third kappa shape index (κ3) is 3.38. The number of nitrogens with one attached hydrogen (secondary N) is 1. The van der Waals surface area contributed by atoms with Crippen LogP contribution >= 0.6 is 0 Å². The van der Waals surface area contributed by atoms with Crippen LogP contribution in [0.2, 0.25) is 0 Å². The summed E-state index contributed by atoms with van der Waals surface area (Å²) in [6.07, 6.45) is 6.18. The molecule has 0 unspecified atom stereocenters. The third-order valence-corrected chi connectivity index (χ3v) is 4.78. The first-order valence-electron chi connectivity index (χ1n) is 9.14. The number of rotatable bonds is 6. The molecule has 4 rings (SSSR count). The van der Waals surface area contributed by atoms with Crippen LogP contribution in [0.1, 0.15) is 12.0 Å². The van der Waals surface area contributed by atoms with Gasteiger partial charge >= 0.3 is 5.69 Å². The van der Waals surface area contributed by atoms with Gasteiger partial charge in [0.25, 0.3) is 5.56 Å². The molecular formula is C18H19N9O3. The predicted octanol–water partition coefficient (Wildman–Crippen LogP) is -0.884. The van der Waals surface area contributed by atoms with Crippen molar-refractivity contribution in [1.82, 2.24) is 43.8 Å². The Hall–Kier alpha value is -4.09. The number of imidazole rings is 1. The number of aryl methyl sites for hydroxylation is 2. The molecule has 154 valence electrons. The summed E-state index contributed by atoms with van der Waals surface area (Å²) < 4.78 is 5.44. The van der Waals surface area contributed by atoms with Crippen molar-refractivity contribution in [2.24, 2.45) is 14.1 Å². The van der Waals surface area contributed by atoms with Crippen LogP contribution in [-0.4, -0.2) is 44.3 Å². The van der Waals surface area contributed by atoms with E-state index in [1.165, 1.54) is 35.3 Å². The molecule has 12 nitrogen and oxygen atoms in total. The molecular weight excluding hydrogens is 390 g/mol. The summed E-state index contributed by atoms with van der Waals surface area (Å²) in [6, 6.07) is 3.62. The van der Waals surface area contributed by atoms with Gasteiger partial charge in [-0.15, -0.1) is 0 Å². The molecule has 0 spiro atoms. The van der Waals surface area contributed by atoms with Crippen LogP contribution in [0.15, 0.2) is 46.9 Å².